The number of fused-ring (bicyclic) bond motifs is 1. The topological polar surface area (TPSA) is 39.9 Å². The highest BCUT2D eigenvalue weighted by molar-refractivity contribution is 5.99. The molecule has 0 fully saturated rings. The molecule has 2 aromatic heterocycles. The Labute approximate surface area is 155 Å². The summed E-state index contributed by atoms with van der Waals surface area (Å²) >= 11 is 0. The third-order valence-corrected chi connectivity index (χ3v) is 4.70. The molecule has 4 heteroatoms. The fourth-order valence-electron chi connectivity index (χ4n) is 3.58. The molecule has 0 aliphatic carbocycles. The first-order chi connectivity index (χ1) is 12.6. The summed E-state index contributed by atoms with van der Waals surface area (Å²) in [6.07, 6.45) is 5.55. The predicted octanol–water partition coefficient (Wildman–Crippen LogP) is 5.55. The van der Waals surface area contributed by atoms with Gasteiger partial charge in [0.05, 0.1) is 12.8 Å². The van der Waals surface area contributed by atoms with Gasteiger partial charge >= 0.3 is 0 Å². The molecule has 0 aliphatic heterocycles. The zero-order valence-electron chi connectivity index (χ0n) is 16.3. The number of allylic oxidation sites excluding steroid dienone is 2. The van der Waals surface area contributed by atoms with Crippen molar-refractivity contribution >= 4 is 16.5 Å². The largest absolute Gasteiger partial charge is 0.481 e. The highest BCUT2D eigenvalue weighted by atomic mass is 16.5. The van der Waals surface area contributed by atoms with E-state index in [1.807, 2.05) is 24.7 Å². The second-order valence-electron chi connectivity index (χ2n) is 6.55. The average Bonchev–Trinajstić information content (AvgIpc) is 2.97. The van der Waals surface area contributed by atoms with E-state index >= 15 is 0 Å². The number of methoxy groups -OCH3 is 1. The number of aryl methyl sites for hydroxylation is 2. The molecule has 136 valence electrons. The van der Waals surface area contributed by atoms with Crippen molar-refractivity contribution in [1.29, 1.82) is 0 Å². The van der Waals surface area contributed by atoms with Gasteiger partial charge in [-0.05, 0) is 31.4 Å². The third kappa shape index (κ3) is 3.24. The van der Waals surface area contributed by atoms with Crippen LogP contribution in [0.1, 0.15) is 44.5 Å². The van der Waals surface area contributed by atoms with E-state index < -0.39 is 0 Å². The van der Waals surface area contributed by atoms with Crippen molar-refractivity contribution in [3.8, 4) is 17.0 Å². The second kappa shape index (κ2) is 7.73. The van der Waals surface area contributed by atoms with Crippen molar-refractivity contribution in [1.82, 2.24) is 14.8 Å². The van der Waals surface area contributed by atoms with Gasteiger partial charge < -0.3 is 4.74 Å². The van der Waals surface area contributed by atoms with Gasteiger partial charge in [-0.1, -0.05) is 44.5 Å². The van der Waals surface area contributed by atoms with Gasteiger partial charge in [0.25, 0.3) is 0 Å². The summed E-state index contributed by atoms with van der Waals surface area (Å²) in [5.41, 5.74) is 6.79. The molecule has 0 atom stereocenters. The molecule has 0 unspecified atom stereocenters. The summed E-state index contributed by atoms with van der Waals surface area (Å²) in [5.74, 6) is 0.635. The smallest absolute Gasteiger partial charge is 0.213 e. The summed E-state index contributed by atoms with van der Waals surface area (Å²) < 4.78 is 7.27. The minimum Gasteiger partial charge on any atom is -0.481 e. The molecule has 3 rings (SSSR count). The minimum atomic E-state index is 0.635. The third-order valence-electron chi connectivity index (χ3n) is 4.70. The molecule has 0 N–H and O–H groups in total. The van der Waals surface area contributed by atoms with Gasteiger partial charge in [0.1, 0.15) is 5.52 Å². The number of hydrogen-bond donors (Lipinski definition) is 0. The van der Waals surface area contributed by atoms with Crippen LogP contribution in [0, 0.1) is 6.92 Å². The van der Waals surface area contributed by atoms with E-state index in [2.05, 4.69) is 49.2 Å². The molecular weight excluding hydrogens is 322 g/mol. The van der Waals surface area contributed by atoms with E-state index in [0.717, 1.165) is 41.6 Å². The van der Waals surface area contributed by atoms with Gasteiger partial charge in [-0.15, -0.1) is 0 Å². The Hall–Kier alpha value is -2.62. The van der Waals surface area contributed by atoms with Gasteiger partial charge in [0.2, 0.25) is 5.88 Å². The highest BCUT2D eigenvalue weighted by Gasteiger charge is 2.17. The normalized spacial score (nSPS) is 12.0. The molecule has 0 saturated heterocycles. The lowest BCUT2D eigenvalue weighted by Gasteiger charge is -2.09. The SMILES string of the molecule is CCC=C(CCC)c1c2cccc(-c3ccc(OC)nc3C)c2nn1C. The van der Waals surface area contributed by atoms with E-state index in [1.54, 1.807) is 7.11 Å². The minimum absolute atomic E-state index is 0.635. The molecule has 4 nitrogen and oxygen atoms in total. The number of pyridine rings is 1. The van der Waals surface area contributed by atoms with Crippen LogP contribution in [-0.2, 0) is 7.05 Å². The quantitative estimate of drug-likeness (QED) is 0.586. The Morgan fingerprint density at radius 1 is 1.15 bits per heavy atom. The maximum Gasteiger partial charge on any atom is 0.213 e. The van der Waals surface area contributed by atoms with Crippen molar-refractivity contribution in [3.63, 3.8) is 0 Å². The molecule has 26 heavy (non-hydrogen) atoms. The fraction of sp³-hybridized carbons (Fsp3) is 0.364. The molecule has 0 bridgehead atoms. The van der Waals surface area contributed by atoms with Crippen LogP contribution in [0.5, 0.6) is 5.88 Å². The van der Waals surface area contributed by atoms with Crippen molar-refractivity contribution in [2.75, 3.05) is 7.11 Å². The monoisotopic (exact) mass is 349 g/mol. The van der Waals surface area contributed by atoms with Crippen LogP contribution in [0.2, 0.25) is 0 Å². The molecule has 2 heterocycles. The fourth-order valence-corrected chi connectivity index (χ4v) is 3.58. The molecule has 0 radical (unpaired) electrons. The van der Waals surface area contributed by atoms with Crippen LogP contribution in [-0.4, -0.2) is 21.9 Å². The van der Waals surface area contributed by atoms with E-state index in [-0.39, 0.29) is 0 Å². The van der Waals surface area contributed by atoms with Gasteiger partial charge in [0, 0.05) is 35.3 Å². The Bertz CT molecular complexity index is 953. The number of benzene rings is 1. The molecule has 0 aliphatic rings. The van der Waals surface area contributed by atoms with Crippen LogP contribution in [0.25, 0.3) is 27.6 Å². The predicted molar refractivity (Wildman–Crippen MR) is 108 cm³/mol. The van der Waals surface area contributed by atoms with Gasteiger partial charge in [-0.3, -0.25) is 4.68 Å². The summed E-state index contributed by atoms with van der Waals surface area (Å²) in [4.78, 5) is 4.53. The summed E-state index contributed by atoms with van der Waals surface area (Å²) in [6, 6.07) is 10.4. The lowest BCUT2D eigenvalue weighted by Crippen LogP contribution is -1.98. The van der Waals surface area contributed by atoms with E-state index in [4.69, 9.17) is 9.84 Å². The molecule has 0 amide bonds. The molecule has 1 aromatic carbocycles. The summed E-state index contributed by atoms with van der Waals surface area (Å²) in [7, 11) is 3.68. The number of rotatable bonds is 6. The first-order valence-corrected chi connectivity index (χ1v) is 9.27. The van der Waals surface area contributed by atoms with Gasteiger partial charge in [-0.2, -0.15) is 5.10 Å². The van der Waals surface area contributed by atoms with Crippen molar-refractivity contribution < 1.29 is 4.74 Å². The lowest BCUT2D eigenvalue weighted by atomic mass is 9.98. The Morgan fingerprint density at radius 3 is 2.62 bits per heavy atom. The van der Waals surface area contributed by atoms with Gasteiger partial charge in [0.15, 0.2) is 0 Å². The van der Waals surface area contributed by atoms with Crippen LogP contribution in [0.3, 0.4) is 0 Å². The Morgan fingerprint density at radius 2 is 1.96 bits per heavy atom. The number of ether oxygens (including phenoxy) is 1. The zero-order chi connectivity index (χ0) is 18.7. The molecule has 0 saturated carbocycles. The maximum absolute atomic E-state index is 5.24. The van der Waals surface area contributed by atoms with Gasteiger partial charge in [-0.25, -0.2) is 4.98 Å². The van der Waals surface area contributed by atoms with Crippen molar-refractivity contribution in [3.05, 3.63) is 47.8 Å². The Kier molecular flexibility index (Phi) is 5.40. The Balaban J connectivity index is 2.22. The zero-order valence-corrected chi connectivity index (χ0v) is 16.3. The van der Waals surface area contributed by atoms with Crippen LogP contribution >= 0.6 is 0 Å². The number of hydrogen-bond acceptors (Lipinski definition) is 3. The van der Waals surface area contributed by atoms with Crippen LogP contribution in [0.4, 0.5) is 0 Å². The first kappa shape index (κ1) is 18.2. The van der Waals surface area contributed by atoms with E-state index in [0.29, 0.717) is 5.88 Å². The summed E-state index contributed by atoms with van der Waals surface area (Å²) in [5, 5.41) is 6.08. The first-order valence-electron chi connectivity index (χ1n) is 9.27. The van der Waals surface area contributed by atoms with Crippen LogP contribution < -0.4 is 4.74 Å². The lowest BCUT2D eigenvalue weighted by molar-refractivity contribution is 0.397. The average molecular weight is 349 g/mol. The van der Waals surface area contributed by atoms with Crippen LogP contribution in [0.15, 0.2) is 36.4 Å². The molecular formula is C22H27N3O. The van der Waals surface area contributed by atoms with E-state index in [1.165, 1.54) is 16.7 Å². The highest BCUT2D eigenvalue weighted by Crippen LogP contribution is 2.35. The number of nitrogens with zero attached hydrogens (tertiary/aromatic N) is 3. The summed E-state index contributed by atoms with van der Waals surface area (Å²) in [6.45, 7) is 6.42. The molecule has 3 aromatic rings. The maximum atomic E-state index is 5.24. The number of aromatic nitrogens is 3. The van der Waals surface area contributed by atoms with Crippen molar-refractivity contribution in [2.24, 2.45) is 7.05 Å². The van der Waals surface area contributed by atoms with E-state index in [9.17, 15) is 0 Å². The van der Waals surface area contributed by atoms with Crippen molar-refractivity contribution in [2.45, 2.75) is 40.0 Å². The molecule has 0 spiro atoms. The second-order valence-corrected chi connectivity index (χ2v) is 6.55. The standard InChI is InChI=1S/C22H27N3O/c1-6-9-16(10-7-2)22-19-12-8-11-18(21(19)24-25(22)4)17-13-14-20(26-5)23-15(17)3/h8-9,11-14H,6-7,10H2,1-5H3.